The molecule has 0 spiro atoms. The van der Waals surface area contributed by atoms with Crippen LogP contribution in [0.4, 0.5) is 5.69 Å². The summed E-state index contributed by atoms with van der Waals surface area (Å²) >= 11 is 0. The van der Waals surface area contributed by atoms with Crippen molar-refractivity contribution in [1.29, 1.82) is 0 Å². The molecule has 1 unspecified atom stereocenters. The monoisotopic (exact) mass is 698 g/mol. The number of rotatable bonds is 12. The first-order valence-corrected chi connectivity index (χ1v) is 17.6. The number of para-hydroxylation sites is 1. The maximum absolute atomic E-state index is 14.1. The predicted molar refractivity (Wildman–Crippen MR) is 193 cm³/mol. The number of benzene rings is 3. The average molecular weight is 699 g/mol. The van der Waals surface area contributed by atoms with Crippen LogP contribution in [-0.2, 0) is 32.8 Å². The average Bonchev–Trinajstić information content (AvgIpc) is 3.23. The zero-order chi connectivity index (χ0) is 35.8. The minimum Gasteiger partial charge on any atom is -0.394 e. The molecule has 12 heteroatoms. The Bertz CT molecular complexity index is 1910. The first kappa shape index (κ1) is 36.4. The number of nitrogens with one attached hydrogen (secondary N) is 3. The van der Waals surface area contributed by atoms with Crippen molar-refractivity contribution in [3.63, 3.8) is 0 Å². The summed E-state index contributed by atoms with van der Waals surface area (Å²) in [7, 11) is -2.58. The molecule has 3 atom stereocenters. The topological polar surface area (TPSA) is 165 Å². The smallest absolute Gasteiger partial charge is 0.252 e. The number of aliphatic hydroxyl groups excluding tert-OH is 2. The third-order valence-corrected chi connectivity index (χ3v) is 9.53. The molecule has 3 aromatic carbocycles. The van der Waals surface area contributed by atoms with Crippen molar-refractivity contribution in [2.75, 3.05) is 18.1 Å². The Morgan fingerprint density at radius 3 is 2.38 bits per heavy atom. The van der Waals surface area contributed by atoms with Crippen LogP contribution in [0, 0.1) is 0 Å². The number of aryl methyl sites for hydroxylation is 1. The van der Waals surface area contributed by atoms with E-state index in [2.05, 4.69) is 16.0 Å². The highest BCUT2D eigenvalue weighted by Crippen LogP contribution is 2.30. The zero-order valence-corrected chi connectivity index (χ0v) is 28.8. The van der Waals surface area contributed by atoms with E-state index in [1.807, 2.05) is 62.4 Å². The molecule has 0 fully saturated rings. The van der Waals surface area contributed by atoms with Crippen LogP contribution in [0.5, 0.6) is 0 Å². The largest absolute Gasteiger partial charge is 0.394 e. The van der Waals surface area contributed by atoms with Crippen LogP contribution in [0.15, 0.2) is 97.1 Å². The lowest BCUT2D eigenvalue weighted by Crippen LogP contribution is -2.51. The number of carbonyl (C=O) groups is 3. The standard InChI is InChI=1S/C38H42N4O7S/c1-38(2,39-22-29(44)24-43)21-34(45)40-31-20-19-27-9-6-7-13-32(27)42(37(31)47)23-25-15-17-26(18-16-25)30-12-8-14-33(50(48)49)35(30)41-36(46)28-10-4-3-5-11-28/h3-18,29,31,35,39,43-44H,19-24H2,1-2H3,(H,40,45)(H,41,46)/t29-,31+,35?/m0/s1. The van der Waals surface area contributed by atoms with Gasteiger partial charge >= 0.3 is 0 Å². The number of amides is 3. The number of β-amino-alcohol motifs (C(OH)–C–C–N with tert-alkyl or cyclic N) is 1. The number of allylic oxidation sites excluding steroid dienone is 2. The molecule has 0 radical (unpaired) electrons. The van der Waals surface area contributed by atoms with Gasteiger partial charge in [-0.25, -0.2) is 0 Å². The highest BCUT2D eigenvalue weighted by Gasteiger charge is 2.33. The minimum absolute atomic E-state index is 0.0395. The minimum atomic E-state index is -2.58. The Morgan fingerprint density at radius 2 is 1.68 bits per heavy atom. The van der Waals surface area contributed by atoms with Crippen molar-refractivity contribution in [2.24, 2.45) is 0 Å². The van der Waals surface area contributed by atoms with Crippen molar-refractivity contribution < 1.29 is 33.0 Å². The first-order chi connectivity index (χ1) is 24.0. The van der Waals surface area contributed by atoms with Gasteiger partial charge in [0.2, 0.25) is 22.1 Å². The molecular weight excluding hydrogens is 657 g/mol. The summed E-state index contributed by atoms with van der Waals surface area (Å²) in [4.78, 5) is 42.0. The molecule has 11 nitrogen and oxygen atoms in total. The number of anilines is 1. The lowest BCUT2D eigenvalue weighted by atomic mass is 9.91. The molecule has 0 saturated heterocycles. The molecule has 2 aliphatic rings. The van der Waals surface area contributed by atoms with Gasteiger partial charge in [-0.1, -0.05) is 72.8 Å². The molecule has 1 heterocycles. The van der Waals surface area contributed by atoms with E-state index in [1.54, 1.807) is 47.4 Å². The molecule has 0 bridgehead atoms. The van der Waals surface area contributed by atoms with Gasteiger partial charge in [-0.15, -0.1) is 0 Å². The number of carbonyl (C=O) groups excluding carboxylic acids is 3. The van der Waals surface area contributed by atoms with Gasteiger partial charge in [0.25, 0.3) is 5.91 Å². The SMILES string of the molecule is CC(C)(CC(=O)N[C@@H]1CCc2ccccc2N(Cc2ccc(C3=CC=CC(=S(=O)=O)C3NC(=O)c3ccccc3)cc2)C1=O)NC[C@H](O)CO. The summed E-state index contributed by atoms with van der Waals surface area (Å²) in [5.41, 5.74) is 3.58. The Morgan fingerprint density at radius 1 is 0.980 bits per heavy atom. The maximum atomic E-state index is 14.1. The van der Waals surface area contributed by atoms with Crippen molar-refractivity contribution in [1.82, 2.24) is 16.0 Å². The number of hydrogen-bond acceptors (Lipinski definition) is 8. The molecule has 262 valence electrons. The van der Waals surface area contributed by atoms with E-state index in [1.165, 1.54) is 6.08 Å². The van der Waals surface area contributed by atoms with Gasteiger partial charge in [-0.3, -0.25) is 14.4 Å². The lowest BCUT2D eigenvalue weighted by molar-refractivity contribution is -0.128. The fourth-order valence-electron chi connectivity index (χ4n) is 6.13. The van der Waals surface area contributed by atoms with E-state index in [0.717, 1.165) is 16.8 Å². The molecule has 5 N–H and O–H groups in total. The number of fused-ring (bicyclic) bond motifs is 1. The molecule has 0 aromatic heterocycles. The Labute approximate surface area is 293 Å². The molecule has 3 aromatic rings. The van der Waals surface area contributed by atoms with Crippen LogP contribution >= 0.6 is 0 Å². The van der Waals surface area contributed by atoms with Crippen molar-refractivity contribution in [2.45, 2.75) is 63.4 Å². The molecule has 1 aliphatic heterocycles. The van der Waals surface area contributed by atoms with Crippen LogP contribution < -0.4 is 20.9 Å². The van der Waals surface area contributed by atoms with E-state index >= 15 is 0 Å². The van der Waals surface area contributed by atoms with E-state index in [0.29, 0.717) is 29.5 Å². The first-order valence-electron chi connectivity index (χ1n) is 16.5. The van der Waals surface area contributed by atoms with Crippen molar-refractivity contribution >= 4 is 44.1 Å². The molecular formula is C38H42N4O7S. The molecule has 1 aliphatic carbocycles. The van der Waals surface area contributed by atoms with Gasteiger partial charge in [0.15, 0.2) is 0 Å². The predicted octanol–water partition coefficient (Wildman–Crippen LogP) is 2.57. The summed E-state index contributed by atoms with van der Waals surface area (Å²) in [5, 5.41) is 27.7. The Kier molecular flexibility index (Phi) is 11.8. The lowest BCUT2D eigenvalue weighted by Gasteiger charge is -2.29. The number of aliphatic hydroxyl groups is 2. The van der Waals surface area contributed by atoms with E-state index in [9.17, 15) is 27.9 Å². The second kappa shape index (κ2) is 16.2. The van der Waals surface area contributed by atoms with Gasteiger partial charge in [0.05, 0.1) is 30.2 Å². The van der Waals surface area contributed by atoms with Crippen LogP contribution in [-0.4, -0.2) is 78.1 Å². The van der Waals surface area contributed by atoms with E-state index < -0.39 is 46.5 Å². The van der Waals surface area contributed by atoms with Crippen LogP contribution in [0.2, 0.25) is 0 Å². The number of hydrogen-bond donors (Lipinski definition) is 5. The van der Waals surface area contributed by atoms with Gasteiger partial charge in [0.1, 0.15) is 6.04 Å². The zero-order valence-electron chi connectivity index (χ0n) is 28.0. The second-order valence-corrected chi connectivity index (χ2v) is 14.0. The van der Waals surface area contributed by atoms with Crippen molar-refractivity contribution in [3.05, 3.63) is 119 Å². The van der Waals surface area contributed by atoms with Gasteiger partial charge in [-0.05, 0) is 73.2 Å². The highest BCUT2D eigenvalue weighted by molar-refractivity contribution is 7.73. The van der Waals surface area contributed by atoms with Gasteiger partial charge in [-0.2, -0.15) is 8.42 Å². The van der Waals surface area contributed by atoms with E-state index in [4.69, 9.17) is 5.11 Å². The molecule has 5 rings (SSSR count). The Hall–Kier alpha value is -4.88. The third kappa shape index (κ3) is 9.01. The summed E-state index contributed by atoms with van der Waals surface area (Å²) in [6.07, 6.45) is 4.99. The molecule has 0 saturated carbocycles. The van der Waals surface area contributed by atoms with Gasteiger partial charge < -0.3 is 31.1 Å². The van der Waals surface area contributed by atoms with Crippen LogP contribution in [0.25, 0.3) is 5.57 Å². The normalized spacial score (nSPS) is 18.1. The van der Waals surface area contributed by atoms with Crippen LogP contribution in [0.3, 0.4) is 0 Å². The van der Waals surface area contributed by atoms with E-state index in [-0.39, 0.29) is 36.2 Å². The molecule has 3 amide bonds. The molecule has 50 heavy (non-hydrogen) atoms. The third-order valence-electron chi connectivity index (χ3n) is 8.78. The Balaban J connectivity index is 1.34. The second-order valence-electron chi connectivity index (χ2n) is 13.1. The summed E-state index contributed by atoms with van der Waals surface area (Å²) in [6, 6.07) is 22.0. The fraction of sp³-hybridized carbons (Fsp3) is 0.316. The summed E-state index contributed by atoms with van der Waals surface area (Å²) in [5.74, 6) is -0.958. The van der Waals surface area contributed by atoms with Crippen LogP contribution in [0.1, 0.15) is 53.7 Å². The summed E-state index contributed by atoms with van der Waals surface area (Å²) in [6.45, 7) is 3.58. The van der Waals surface area contributed by atoms with Crippen molar-refractivity contribution in [3.8, 4) is 0 Å². The van der Waals surface area contributed by atoms with Gasteiger partial charge in [0, 0.05) is 29.8 Å². The number of nitrogens with zero attached hydrogens (tertiary/aromatic N) is 1. The fourth-order valence-corrected chi connectivity index (χ4v) is 6.69. The maximum Gasteiger partial charge on any atom is 0.252 e. The summed E-state index contributed by atoms with van der Waals surface area (Å²) < 4.78 is 24.3. The quantitative estimate of drug-likeness (QED) is 0.180. The highest BCUT2D eigenvalue weighted by atomic mass is 32.2.